The molecule has 0 radical (unpaired) electrons. The zero-order valence-electron chi connectivity index (χ0n) is 58.3. The highest BCUT2D eigenvalue weighted by Crippen LogP contribution is 2.30. The molecule has 33 heteroatoms. The summed E-state index contributed by atoms with van der Waals surface area (Å²) in [4.78, 5) is 156. The van der Waals surface area contributed by atoms with Crippen molar-refractivity contribution in [1.82, 2.24) is 47.4 Å². The number of carbonyl (C=O) groups excluding carboxylic acids is 11. The number of amides is 10. The molecule has 3 aliphatic rings. The molecular formula is C68H100N10O23. The Balaban J connectivity index is 1.51. The first-order valence-corrected chi connectivity index (χ1v) is 33.5. The number of likely N-dealkylation sites (N-methyl/N-ethyl adjacent to an activating group) is 1. The van der Waals surface area contributed by atoms with E-state index in [-0.39, 0.29) is 31.8 Å². The molecule has 560 valence electrons. The van der Waals surface area contributed by atoms with E-state index in [1.54, 1.807) is 110 Å². The largest absolute Gasteiger partial charge is 0.458 e. The number of carbonyl (C=O) groups is 11. The summed E-state index contributed by atoms with van der Waals surface area (Å²) in [6.45, 7) is 11.2. The minimum absolute atomic E-state index is 0.0729. The van der Waals surface area contributed by atoms with E-state index in [4.69, 9.17) is 29.4 Å². The number of cyclic esters (lactones) is 1. The summed E-state index contributed by atoms with van der Waals surface area (Å²) >= 11 is 0. The van der Waals surface area contributed by atoms with Crippen molar-refractivity contribution in [3.05, 3.63) is 83.4 Å². The van der Waals surface area contributed by atoms with E-state index >= 15 is 0 Å². The van der Waals surface area contributed by atoms with Crippen LogP contribution in [0, 0.1) is 23.7 Å². The Hall–Kier alpha value is -8.35. The molecule has 3 fully saturated rings. The standard InChI is InChI=1S/C68H100N10O23/c1-11-36(8)52-65(95)78(10)43(27-38-18-13-12-14-19-38)61(91)76-50(34(4)5)62(92)71-29-48(83)70-30-49(84)75-51(35(6)7)63(93)73-42(26-33(2)3)66(96)98-37(9)53(64(94)72-41(28-46(69)81)60(90)77-52)74-47(82)24-23-40-21-16-15-20-39(40)22-17-25-97-68-59(57(88)55(86)45(32-80)100-68)101-67-58(89)56(87)54(85)44(31-79)99-67/h12-24,33-37,41-45,50-59,67-68,79-80,85-89H,11,25-32H2,1-10H3,(H2,69,81)(H,70,83)(H,71,92)(H,72,94)(H,73,93)(H,74,82)(H,75,84)(H,76,91)(H,77,90)/b22-17+,24-23+/t36-,37-,41-,42+,43+,44-,45-,50-,51-,52+,53-,54-,55-,56+,57+,58-,59-,67+,68-/m1/s1. The Kier molecular flexibility index (Phi) is 32.8. The fraction of sp³-hybridized carbons (Fsp3) is 0.603. The lowest BCUT2D eigenvalue weighted by Crippen LogP contribution is -2.64. The first kappa shape index (κ1) is 83.3. The van der Waals surface area contributed by atoms with Crippen LogP contribution < -0.4 is 48.3 Å². The van der Waals surface area contributed by atoms with Crippen LogP contribution in [0.5, 0.6) is 0 Å². The predicted octanol–water partition coefficient (Wildman–Crippen LogP) is -4.21. The van der Waals surface area contributed by atoms with Crippen LogP contribution in [0.15, 0.2) is 66.7 Å². The number of hydrogen-bond acceptors (Lipinski definition) is 23. The van der Waals surface area contributed by atoms with Gasteiger partial charge in [0.1, 0.15) is 97.2 Å². The lowest BCUT2D eigenvalue weighted by atomic mass is 9.95. The van der Waals surface area contributed by atoms with E-state index < -0.39 is 225 Å². The fourth-order valence-electron chi connectivity index (χ4n) is 11.1. The van der Waals surface area contributed by atoms with Crippen LogP contribution in [0.3, 0.4) is 0 Å². The molecule has 33 nitrogen and oxygen atoms in total. The van der Waals surface area contributed by atoms with Crippen molar-refractivity contribution >= 4 is 77.2 Å². The molecule has 10 amide bonds. The fourth-order valence-corrected chi connectivity index (χ4v) is 11.1. The third kappa shape index (κ3) is 24.1. The van der Waals surface area contributed by atoms with Gasteiger partial charge in [-0.25, -0.2) is 4.79 Å². The van der Waals surface area contributed by atoms with Gasteiger partial charge in [-0.1, -0.05) is 129 Å². The molecule has 0 saturated carbocycles. The molecule has 0 unspecified atom stereocenters. The second kappa shape index (κ2) is 39.7. The predicted molar refractivity (Wildman–Crippen MR) is 359 cm³/mol. The number of hydrogen-bond donors (Lipinski definition) is 16. The Morgan fingerprint density at radius 1 is 0.653 bits per heavy atom. The van der Waals surface area contributed by atoms with E-state index in [1.165, 1.54) is 32.2 Å². The summed E-state index contributed by atoms with van der Waals surface area (Å²) in [7, 11) is 1.32. The number of nitrogens with two attached hydrogens (primary N) is 1. The molecule has 5 rings (SSSR count). The average Bonchev–Trinajstić information content (AvgIpc) is 0.789. The smallest absolute Gasteiger partial charge is 0.328 e. The zero-order valence-corrected chi connectivity index (χ0v) is 58.3. The highest BCUT2D eigenvalue weighted by molar-refractivity contribution is 6.00. The molecule has 101 heavy (non-hydrogen) atoms. The highest BCUT2D eigenvalue weighted by atomic mass is 16.8. The van der Waals surface area contributed by atoms with Crippen LogP contribution in [0.4, 0.5) is 0 Å². The van der Waals surface area contributed by atoms with Crippen LogP contribution in [-0.4, -0.2) is 255 Å². The van der Waals surface area contributed by atoms with Gasteiger partial charge in [-0.15, -0.1) is 0 Å². The Morgan fingerprint density at radius 3 is 1.81 bits per heavy atom. The maximum Gasteiger partial charge on any atom is 0.328 e. The van der Waals surface area contributed by atoms with Gasteiger partial charge in [0.15, 0.2) is 12.6 Å². The Morgan fingerprint density at radius 2 is 1.22 bits per heavy atom. The Bertz CT molecular complexity index is 3210. The number of rotatable bonds is 21. The number of aliphatic hydroxyl groups excluding tert-OH is 7. The Labute approximate surface area is 585 Å². The summed E-state index contributed by atoms with van der Waals surface area (Å²) in [5.74, 6) is -12.8. The van der Waals surface area contributed by atoms with Crippen molar-refractivity contribution in [1.29, 1.82) is 0 Å². The van der Waals surface area contributed by atoms with Crippen molar-refractivity contribution in [3.8, 4) is 0 Å². The van der Waals surface area contributed by atoms with Crippen molar-refractivity contribution in [2.45, 2.75) is 198 Å². The number of esters is 1. The second-order valence-corrected chi connectivity index (χ2v) is 26.3. The lowest BCUT2D eigenvalue weighted by Gasteiger charge is -2.45. The lowest BCUT2D eigenvalue weighted by molar-refractivity contribution is -0.366. The van der Waals surface area contributed by atoms with Gasteiger partial charge >= 0.3 is 5.97 Å². The van der Waals surface area contributed by atoms with E-state index in [1.807, 2.05) is 0 Å². The molecule has 17 N–H and O–H groups in total. The molecule has 0 bridgehead atoms. The molecule has 2 aromatic rings. The first-order chi connectivity index (χ1) is 47.7. The van der Waals surface area contributed by atoms with Gasteiger partial charge in [-0.3, -0.25) is 47.9 Å². The van der Waals surface area contributed by atoms with Crippen molar-refractivity contribution < 1.29 is 112 Å². The monoisotopic (exact) mass is 1420 g/mol. The summed E-state index contributed by atoms with van der Waals surface area (Å²) < 4.78 is 28.6. The van der Waals surface area contributed by atoms with Gasteiger partial charge in [0, 0.05) is 19.5 Å². The van der Waals surface area contributed by atoms with Crippen molar-refractivity contribution in [2.24, 2.45) is 29.4 Å². The molecule has 0 spiro atoms. The third-order valence-corrected chi connectivity index (χ3v) is 17.3. The number of primary amides is 1. The summed E-state index contributed by atoms with van der Waals surface area (Å²) in [5, 5.41) is 93.0. The maximum absolute atomic E-state index is 14.9. The molecule has 3 heterocycles. The van der Waals surface area contributed by atoms with Crippen LogP contribution in [0.25, 0.3) is 12.2 Å². The maximum atomic E-state index is 14.9. The van der Waals surface area contributed by atoms with Gasteiger partial charge in [-0.2, -0.15) is 0 Å². The van der Waals surface area contributed by atoms with Gasteiger partial charge in [0.2, 0.25) is 59.1 Å². The van der Waals surface area contributed by atoms with Crippen LogP contribution in [0.2, 0.25) is 0 Å². The second-order valence-electron chi connectivity index (χ2n) is 26.3. The molecular weight excluding hydrogens is 1320 g/mol. The molecule has 3 aliphatic heterocycles. The normalized spacial score (nSPS) is 30.5. The van der Waals surface area contributed by atoms with E-state index in [2.05, 4.69) is 42.5 Å². The van der Waals surface area contributed by atoms with Crippen LogP contribution in [0.1, 0.15) is 98.3 Å². The van der Waals surface area contributed by atoms with Gasteiger partial charge in [0.25, 0.3) is 0 Å². The van der Waals surface area contributed by atoms with E-state index in [0.29, 0.717) is 16.7 Å². The third-order valence-electron chi connectivity index (χ3n) is 17.3. The van der Waals surface area contributed by atoms with Gasteiger partial charge < -0.3 is 113 Å². The number of nitrogens with one attached hydrogen (secondary N) is 8. The molecule has 3 saturated heterocycles. The molecule has 0 aromatic heterocycles. The average molecular weight is 1430 g/mol. The highest BCUT2D eigenvalue weighted by Gasteiger charge is 2.51. The summed E-state index contributed by atoms with van der Waals surface area (Å²) in [6.07, 6.45) is -14.1. The topological polar surface area (TPSA) is 501 Å². The van der Waals surface area contributed by atoms with Gasteiger partial charge in [0.05, 0.1) is 39.3 Å². The van der Waals surface area contributed by atoms with Gasteiger partial charge in [-0.05, 0) is 59.8 Å². The summed E-state index contributed by atoms with van der Waals surface area (Å²) in [5.41, 5.74) is 7.08. The van der Waals surface area contributed by atoms with E-state index in [9.17, 15) is 88.5 Å². The van der Waals surface area contributed by atoms with Crippen molar-refractivity contribution in [3.63, 3.8) is 0 Å². The minimum atomic E-state index is -1.94. The minimum Gasteiger partial charge on any atom is -0.458 e. The number of benzene rings is 2. The zero-order chi connectivity index (χ0) is 75.1. The number of aliphatic hydroxyl groups is 7. The molecule has 0 aliphatic carbocycles. The van der Waals surface area contributed by atoms with Crippen molar-refractivity contribution in [2.75, 3.05) is 40.0 Å². The summed E-state index contributed by atoms with van der Waals surface area (Å²) in [6, 6.07) is 4.29. The molecule has 2 aromatic carbocycles. The molecule has 19 atom stereocenters. The van der Waals surface area contributed by atoms with E-state index in [0.717, 1.165) is 11.0 Å². The first-order valence-electron chi connectivity index (χ1n) is 33.5. The number of nitrogens with zero attached hydrogens (tertiary/aromatic N) is 1. The number of ether oxygens (including phenoxy) is 5. The SMILES string of the molecule is CC[C@@H](C)[C@@H]1NC(=O)[C@@H](CC(N)=O)NC(=O)[C@H](NC(=O)/C=C/c2ccccc2/C=C/CO[C@@H]2O[C@H](CO)[C@@H](O)[C@H](O)[C@H]2O[C@@H]2O[C@H](CO)[C@@H](O)[C@H](O)[C@H]2O)[C@@H](C)OC(=O)[C@H](CC(C)C)NC(=O)[C@@H](C(C)C)NC(=O)CNC(=O)CNC(=O)[C@@H](C(C)C)NC(=O)[C@H](Cc2ccccc2)N(C)C1=O. The van der Waals surface area contributed by atoms with Crippen LogP contribution >= 0.6 is 0 Å². The van der Waals surface area contributed by atoms with Crippen LogP contribution in [-0.2, 0) is 82.8 Å². The quantitative estimate of drug-likeness (QED) is 0.0416.